The van der Waals surface area contributed by atoms with Crippen LogP contribution in [0.25, 0.3) is 0 Å². The molecule has 1 aromatic rings. The fourth-order valence-electron chi connectivity index (χ4n) is 4.61. The summed E-state index contributed by atoms with van der Waals surface area (Å²) >= 11 is 0. The smallest absolute Gasteiger partial charge is 0.325 e. The molecule has 0 bridgehead atoms. The topological polar surface area (TPSA) is 113 Å². The lowest BCUT2D eigenvalue weighted by molar-refractivity contribution is -0.141. The summed E-state index contributed by atoms with van der Waals surface area (Å²) in [6.07, 6.45) is 0.644. The number of para-hydroxylation sites is 1. The van der Waals surface area contributed by atoms with Crippen LogP contribution in [0.2, 0.25) is 0 Å². The van der Waals surface area contributed by atoms with Gasteiger partial charge in [-0.15, -0.1) is 0 Å². The van der Waals surface area contributed by atoms with Gasteiger partial charge in [-0.2, -0.15) is 0 Å². The Labute approximate surface area is 181 Å². The molecule has 0 aromatic heterocycles. The second kappa shape index (κ2) is 7.81. The Hall–Kier alpha value is -2.62. The summed E-state index contributed by atoms with van der Waals surface area (Å²) in [5.41, 5.74) is -0.665. The number of sulfone groups is 1. The second-order valence-corrected chi connectivity index (χ2v) is 11.0. The van der Waals surface area contributed by atoms with E-state index in [1.54, 1.807) is 24.3 Å². The third kappa shape index (κ3) is 3.88. The molecule has 9 nitrogen and oxygen atoms in total. The Kier molecular flexibility index (Phi) is 5.45. The fourth-order valence-corrected chi connectivity index (χ4v) is 6.34. The molecule has 0 aliphatic carbocycles. The molecule has 1 N–H and O–H groups in total. The number of nitrogens with zero attached hydrogens (tertiary/aromatic N) is 2. The van der Waals surface area contributed by atoms with Crippen molar-refractivity contribution < 1.29 is 27.5 Å². The number of fused-ring (bicyclic) bond motifs is 2. The van der Waals surface area contributed by atoms with Gasteiger partial charge in [-0.05, 0) is 18.4 Å². The number of hydrogen-bond acceptors (Lipinski definition) is 6. The number of ether oxygens (including phenoxy) is 1. The van der Waals surface area contributed by atoms with Crippen LogP contribution >= 0.6 is 0 Å². The normalized spacial score (nSPS) is 26.7. The van der Waals surface area contributed by atoms with E-state index >= 15 is 0 Å². The number of carbonyl (C=O) groups is 3. The van der Waals surface area contributed by atoms with Crippen molar-refractivity contribution >= 4 is 27.7 Å². The molecule has 0 radical (unpaired) electrons. The van der Waals surface area contributed by atoms with Gasteiger partial charge in [-0.25, -0.2) is 13.2 Å². The van der Waals surface area contributed by atoms with E-state index in [4.69, 9.17) is 4.74 Å². The minimum Gasteiger partial charge on any atom is -0.493 e. The first-order valence-corrected chi connectivity index (χ1v) is 12.3. The standard InChI is InChI=1S/C21H27N3O6S/c1-14(2)11-23(15-7-10-31(28,29)13-15)18(25)12-24-19(26)21(22-20(24)27)8-9-30-17-6-4-3-5-16(17)21/h3-6,14-15H,7-13H2,1-2H3,(H,22,27)/t15-,21-/m1/s1. The maximum Gasteiger partial charge on any atom is 0.325 e. The van der Waals surface area contributed by atoms with Crippen LogP contribution < -0.4 is 10.1 Å². The zero-order chi connectivity index (χ0) is 22.4. The average Bonchev–Trinajstić information content (AvgIpc) is 3.18. The predicted octanol–water partition coefficient (Wildman–Crippen LogP) is 0.888. The Balaban J connectivity index is 1.57. The van der Waals surface area contributed by atoms with Gasteiger partial charge in [-0.3, -0.25) is 14.5 Å². The number of hydrogen-bond donors (Lipinski definition) is 1. The first kappa shape index (κ1) is 21.6. The zero-order valence-electron chi connectivity index (χ0n) is 17.7. The average molecular weight is 450 g/mol. The molecule has 4 amide bonds. The van der Waals surface area contributed by atoms with Crippen LogP contribution in [0.5, 0.6) is 5.75 Å². The van der Waals surface area contributed by atoms with E-state index in [1.165, 1.54) is 4.90 Å². The van der Waals surface area contributed by atoms with E-state index < -0.39 is 45.8 Å². The van der Waals surface area contributed by atoms with Gasteiger partial charge in [0.25, 0.3) is 5.91 Å². The minimum atomic E-state index is -3.18. The van der Waals surface area contributed by atoms with E-state index in [2.05, 4.69) is 5.32 Å². The maximum absolute atomic E-state index is 13.4. The third-order valence-corrected chi connectivity index (χ3v) is 7.83. The third-order valence-electron chi connectivity index (χ3n) is 6.08. The van der Waals surface area contributed by atoms with E-state index in [1.807, 2.05) is 13.8 Å². The summed E-state index contributed by atoms with van der Waals surface area (Å²) < 4.78 is 29.5. The van der Waals surface area contributed by atoms with Crippen molar-refractivity contribution in [2.45, 2.75) is 38.3 Å². The molecule has 3 aliphatic heterocycles. The molecule has 3 heterocycles. The van der Waals surface area contributed by atoms with Gasteiger partial charge in [0.05, 0.1) is 18.1 Å². The molecule has 1 spiro atoms. The molecular weight excluding hydrogens is 422 g/mol. The van der Waals surface area contributed by atoms with Crippen LogP contribution in [-0.4, -0.2) is 73.3 Å². The Morgan fingerprint density at radius 1 is 1.32 bits per heavy atom. The van der Waals surface area contributed by atoms with Crippen LogP contribution in [0.4, 0.5) is 4.79 Å². The van der Waals surface area contributed by atoms with Gasteiger partial charge < -0.3 is 15.0 Å². The molecule has 168 valence electrons. The van der Waals surface area contributed by atoms with Gasteiger partial charge >= 0.3 is 6.03 Å². The van der Waals surface area contributed by atoms with Crippen molar-refractivity contribution in [2.75, 3.05) is 31.2 Å². The number of benzene rings is 1. The molecule has 4 rings (SSSR count). The first-order valence-electron chi connectivity index (χ1n) is 10.5. The van der Waals surface area contributed by atoms with E-state index in [-0.39, 0.29) is 30.5 Å². The van der Waals surface area contributed by atoms with Crippen molar-refractivity contribution in [3.05, 3.63) is 29.8 Å². The first-order chi connectivity index (χ1) is 14.6. The van der Waals surface area contributed by atoms with E-state index in [0.29, 0.717) is 24.3 Å². The highest BCUT2D eigenvalue weighted by atomic mass is 32.2. The van der Waals surface area contributed by atoms with Crippen molar-refractivity contribution in [1.29, 1.82) is 0 Å². The second-order valence-electron chi connectivity index (χ2n) is 8.82. The fraction of sp³-hybridized carbons (Fsp3) is 0.571. The van der Waals surface area contributed by atoms with Crippen LogP contribution in [0, 0.1) is 5.92 Å². The largest absolute Gasteiger partial charge is 0.493 e. The summed E-state index contributed by atoms with van der Waals surface area (Å²) in [6, 6.07) is 5.99. The van der Waals surface area contributed by atoms with E-state index in [9.17, 15) is 22.8 Å². The highest BCUT2D eigenvalue weighted by Crippen LogP contribution is 2.41. The van der Waals surface area contributed by atoms with Crippen molar-refractivity contribution in [3.63, 3.8) is 0 Å². The Morgan fingerprint density at radius 3 is 2.74 bits per heavy atom. The quantitative estimate of drug-likeness (QED) is 0.668. The van der Waals surface area contributed by atoms with Gasteiger partial charge in [-0.1, -0.05) is 32.0 Å². The van der Waals surface area contributed by atoms with Crippen molar-refractivity contribution in [3.8, 4) is 5.75 Å². The molecule has 2 atom stereocenters. The number of amides is 4. The number of urea groups is 1. The molecule has 0 saturated carbocycles. The monoisotopic (exact) mass is 449 g/mol. The minimum absolute atomic E-state index is 0.0442. The molecule has 2 fully saturated rings. The van der Waals surface area contributed by atoms with Gasteiger partial charge in [0.1, 0.15) is 12.3 Å². The summed E-state index contributed by atoms with van der Waals surface area (Å²) in [6.45, 7) is 4.09. The van der Waals surface area contributed by atoms with Crippen LogP contribution in [0.3, 0.4) is 0 Å². The SMILES string of the molecule is CC(C)CN(C(=O)CN1C(=O)N[C@@]2(CCOc3ccccc32)C1=O)[C@@H]1CCS(=O)(=O)C1. The van der Waals surface area contributed by atoms with Gasteiger partial charge in [0.15, 0.2) is 15.4 Å². The molecule has 3 aliphatic rings. The van der Waals surface area contributed by atoms with Crippen molar-refractivity contribution in [1.82, 2.24) is 15.1 Å². The summed E-state index contributed by atoms with van der Waals surface area (Å²) in [4.78, 5) is 41.8. The molecule has 1 aromatic carbocycles. The summed E-state index contributed by atoms with van der Waals surface area (Å²) in [5.74, 6) is -0.290. The summed E-state index contributed by atoms with van der Waals surface area (Å²) in [7, 11) is -3.18. The number of imide groups is 1. The molecular formula is C21H27N3O6S. The van der Waals surface area contributed by atoms with Gasteiger partial charge in [0, 0.05) is 24.6 Å². The highest BCUT2D eigenvalue weighted by molar-refractivity contribution is 7.91. The lowest BCUT2D eigenvalue weighted by atomic mass is 9.84. The van der Waals surface area contributed by atoms with Crippen LogP contribution in [0.1, 0.15) is 32.3 Å². The predicted molar refractivity (Wildman–Crippen MR) is 112 cm³/mol. The van der Waals surface area contributed by atoms with Crippen LogP contribution in [-0.2, 0) is 25.0 Å². The number of carbonyl (C=O) groups excluding carboxylic acids is 3. The van der Waals surface area contributed by atoms with E-state index in [0.717, 1.165) is 4.90 Å². The zero-order valence-corrected chi connectivity index (χ0v) is 18.5. The van der Waals surface area contributed by atoms with Gasteiger partial charge in [0.2, 0.25) is 5.91 Å². The molecule has 2 saturated heterocycles. The summed E-state index contributed by atoms with van der Waals surface area (Å²) in [5, 5.41) is 2.78. The lowest BCUT2D eigenvalue weighted by Crippen LogP contribution is -2.50. The maximum atomic E-state index is 13.4. The molecule has 10 heteroatoms. The number of rotatable bonds is 5. The Morgan fingerprint density at radius 2 is 2.06 bits per heavy atom. The number of nitrogens with one attached hydrogen (secondary N) is 1. The molecule has 31 heavy (non-hydrogen) atoms. The van der Waals surface area contributed by atoms with Crippen molar-refractivity contribution in [2.24, 2.45) is 5.92 Å². The highest BCUT2D eigenvalue weighted by Gasteiger charge is 2.55. The lowest BCUT2D eigenvalue weighted by Gasteiger charge is -2.33. The van der Waals surface area contributed by atoms with Crippen LogP contribution in [0.15, 0.2) is 24.3 Å². The molecule has 0 unspecified atom stereocenters. The Bertz CT molecular complexity index is 1020.